The molecule has 0 aliphatic heterocycles. The molecule has 1 saturated carbocycles. The molecule has 2 N–H and O–H groups in total. The first kappa shape index (κ1) is 12.7. The molecule has 0 saturated heterocycles. The highest BCUT2D eigenvalue weighted by Crippen LogP contribution is 2.34. The molecule has 2 rings (SSSR count). The fraction of sp³-hybridized carbons (Fsp3) is 0.538. The van der Waals surface area contributed by atoms with Gasteiger partial charge >= 0.3 is 0 Å². The Morgan fingerprint density at radius 2 is 2.06 bits per heavy atom. The lowest BCUT2D eigenvalue weighted by atomic mass is 10.1. The summed E-state index contributed by atoms with van der Waals surface area (Å²) in [6, 6.07) is 3.71. The van der Waals surface area contributed by atoms with Gasteiger partial charge in [-0.25, -0.2) is 4.39 Å². The topological polar surface area (TPSA) is 29.3 Å². The second-order valence-corrected chi connectivity index (χ2v) is 5.40. The van der Waals surface area contributed by atoms with Gasteiger partial charge in [0.1, 0.15) is 5.82 Å². The second-order valence-electron chi connectivity index (χ2n) is 4.55. The van der Waals surface area contributed by atoms with Crippen LogP contribution in [-0.4, -0.2) is 12.6 Å². The summed E-state index contributed by atoms with van der Waals surface area (Å²) in [5.74, 6) is -0.245. The maximum absolute atomic E-state index is 13.6. The summed E-state index contributed by atoms with van der Waals surface area (Å²) in [6.45, 7) is 2.97. The van der Waals surface area contributed by atoms with Gasteiger partial charge < -0.3 is 10.6 Å². The van der Waals surface area contributed by atoms with Crippen molar-refractivity contribution in [2.75, 3.05) is 17.2 Å². The number of halogens is 2. The molecule has 0 spiro atoms. The van der Waals surface area contributed by atoms with Crippen LogP contribution in [0.3, 0.4) is 0 Å². The van der Waals surface area contributed by atoms with Gasteiger partial charge in [0, 0.05) is 18.7 Å². The van der Waals surface area contributed by atoms with Crippen LogP contribution in [0.5, 0.6) is 0 Å². The van der Waals surface area contributed by atoms with Crippen LogP contribution in [0.1, 0.15) is 32.6 Å². The zero-order valence-electron chi connectivity index (χ0n) is 10.0. The molecule has 0 unspecified atom stereocenters. The molecular formula is C13H18BrFN2. The van der Waals surface area contributed by atoms with Crippen LogP contribution in [0.15, 0.2) is 16.6 Å². The SMILES string of the molecule is CCN(c1cc(F)c(Br)cc1N)C1CCCC1. The average Bonchev–Trinajstić information content (AvgIpc) is 2.80. The predicted molar refractivity (Wildman–Crippen MR) is 73.8 cm³/mol. The molecule has 0 amide bonds. The standard InChI is InChI=1S/C13H18BrFN2/c1-2-17(9-5-3-4-6-9)13-8-11(15)10(14)7-12(13)16/h7-9H,2-6,16H2,1H3. The van der Waals surface area contributed by atoms with Gasteiger partial charge in [-0.3, -0.25) is 0 Å². The minimum absolute atomic E-state index is 0.245. The van der Waals surface area contributed by atoms with E-state index in [1.807, 2.05) is 0 Å². The van der Waals surface area contributed by atoms with E-state index in [-0.39, 0.29) is 5.82 Å². The summed E-state index contributed by atoms with van der Waals surface area (Å²) in [5.41, 5.74) is 7.47. The highest BCUT2D eigenvalue weighted by molar-refractivity contribution is 9.10. The lowest BCUT2D eigenvalue weighted by Gasteiger charge is -2.31. The van der Waals surface area contributed by atoms with Crippen molar-refractivity contribution in [3.8, 4) is 0 Å². The summed E-state index contributed by atoms with van der Waals surface area (Å²) in [4.78, 5) is 2.23. The van der Waals surface area contributed by atoms with Gasteiger partial charge in [-0.05, 0) is 41.8 Å². The van der Waals surface area contributed by atoms with Crippen LogP contribution in [0, 0.1) is 5.82 Å². The largest absolute Gasteiger partial charge is 0.397 e. The predicted octanol–water partition coefficient (Wildman–Crippen LogP) is 3.94. The molecule has 1 aliphatic carbocycles. The molecule has 1 aromatic carbocycles. The Hall–Kier alpha value is -0.770. The van der Waals surface area contributed by atoms with E-state index < -0.39 is 0 Å². The molecule has 0 radical (unpaired) electrons. The minimum atomic E-state index is -0.245. The number of hydrogen-bond acceptors (Lipinski definition) is 2. The monoisotopic (exact) mass is 300 g/mol. The van der Waals surface area contributed by atoms with Crippen LogP contribution in [0.25, 0.3) is 0 Å². The third-order valence-electron chi connectivity index (χ3n) is 3.49. The van der Waals surface area contributed by atoms with Crippen LogP contribution in [0.4, 0.5) is 15.8 Å². The van der Waals surface area contributed by atoms with Crippen molar-refractivity contribution in [3.05, 3.63) is 22.4 Å². The van der Waals surface area contributed by atoms with Crippen molar-refractivity contribution >= 4 is 27.3 Å². The van der Waals surface area contributed by atoms with Gasteiger partial charge in [-0.2, -0.15) is 0 Å². The Morgan fingerprint density at radius 3 is 2.65 bits per heavy atom. The first-order valence-corrected chi connectivity index (χ1v) is 6.94. The number of anilines is 2. The number of rotatable bonds is 3. The Balaban J connectivity index is 2.32. The van der Waals surface area contributed by atoms with Crippen molar-refractivity contribution in [3.63, 3.8) is 0 Å². The third kappa shape index (κ3) is 2.57. The Kier molecular flexibility index (Phi) is 3.92. The zero-order chi connectivity index (χ0) is 12.4. The van der Waals surface area contributed by atoms with E-state index in [0.717, 1.165) is 12.2 Å². The molecular weight excluding hydrogens is 283 g/mol. The van der Waals surface area contributed by atoms with Crippen LogP contribution in [0.2, 0.25) is 0 Å². The number of hydrogen-bond donors (Lipinski definition) is 1. The van der Waals surface area contributed by atoms with Crippen molar-refractivity contribution in [2.24, 2.45) is 0 Å². The van der Waals surface area contributed by atoms with Crippen molar-refractivity contribution in [2.45, 2.75) is 38.6 Å². The molecule has 1 fully saturated rings. The summed E-state index contributed by atoms with van der Waals surface area (Å²) < 4.78 is 14.0. The molecule has 1 aliphatic rings. The van der Waals surface area contributed by atoms with E-state index in [0.29, 0.717) is 16.2 Å². The van der Waals surface area contributed by atoms with E-state index in [9.17, 15) is 4.39 Å². The van der Waals surface area contributed by atoms with Gasteiger partial charge in [0.25, 0.3) is 0 Å². The summed E-state index contributed by atoms with van der Waals surface area (Å²) in [7, 11) is 0. The van der Waals surface area contributed by atoms with E-state index in [1.54, 1.807) is 12.1 Å². The van der Waals surface area contributed by atoms with E-state index in [2.05, 4.69) is 27.8 Å². The van der Waals surface area contributed by atoms with E-state index in [4.69, 9.17) is 5.73 Å². The van der Waals surface area contributed by atoms with Crippen LogP contribution in [-0.2, 0) is 0 Å². The zero-order valence-corrected chi connectivity index (χ0v) is 11.6. The molecule has 17 heavy (non-hydrogen) atoms. The number of benzene rings is 1. The molecule has 0 aromatic heterocycles. The molecule has 1 aromatic rings. The van der Waals surface area contributed by atoms with E-state index in [1.165, 1.54) is 25.7 Å². The van der Waals surface area contributed by atoms with E-state index >= 15 is 0 Å². The fourth-order valence-electron chi connectivity index (χ4n) is 2.64. The summed E-state index contributed by atoms with van der Waals surface area (Å²) in [6.07, 6.45) is 4.90. The second kappa shape index (κ2) is 5.25. The van der Waals surface area contributed by atoms with Crippen LogP contribution >= 0.6 is 15.9 Å². The Labute approximate surface area is 110 Å². The molecule has 2 nitrogen and oxygen atoms in total. The molecule has 4 heteroatoms. The minimum Gasteiger partial charge on any atom is -0.397 e. The van der Waals surface area contributed by atoms with Gasteiger partial charge in [0.15, 0.2) is 0 Å². The number of nitrogens with two attached hydrogens (primary N) is 1. The smallest absolute Gasteiger partial charge is 0.139 e. The average molecular weight is 301 g/mol. The Bertz CT molecular complexity index is 403. The first-order valence-electron chi connectivity index (χ1n) is 6.14. The quantitative estimate of drug-likeness (QED) is 0.857. The number of nitrogen functional groups attached to an aromatic ring is 1. The van der Waals surface area contributed by atoms with Crippen molar-refractivity contribution < 1.29 is 4.39 Å². The molecule has 94 valence electrons. The highest BCUT2D eigenvalue weighted by Gasteiger charge is 2.23. The van der Waals surface area contributed by atoms with Gasteiger partial charge in [0.2, 0.25) is 0 Å². The summed E-state index contributed by atoms with van der Waals surface area (Å²) >= 11 is 3.16. The normalized spacial score (nSPS) is 16.4. The van der Waals surface area contributed by atoms with Crippen molar-refractivity contribution in [1.82, 2.24) is 0 Å². The van der Waals surface area contributed by atoms with Crippen molar-refractivity contribution in [1.29, 1.82) is 0 Å². The third-order valence-corrected chi connectivity index (χ3v) is 4.09. The number of nitrogens with zero attached hydrogens (tertiary/aromatic N) is 1. The first-order chi connectivity index (χ1) is 8.13. The van der Waals surface area contributed by atoms with Crippen LogP contribution < -0.4 is 10.6 Å². The van der Waals surface area contributed by atoms with Gasteiger partial charge in [-0.1, -0.05) is 12.8 Å². The maximum atomic E-state index is 13.6. The highest BCUT2D eigenvalue weighted by atomic mass is 79.9. The lowest BCUT2D eigenvalue weighted by molar-refractivity contribution is 0.604. The Morgan fingerprint density at radius 1 is 1.41 bits per heavy atom. The fourth-order valence-corrected chi connectivity index (χ4v) is 3.00. The summed E-state index contributed by atoms with van der Waals surface area (Å²) in [5, 5.41) is 0. The van der Waals surface area contributed by atoms with Gasteiger partial charge in [-0.15, -0.1) is 0 Å². The molecule has 0 bridgehead atoms. The van der Waals surface area contributed by atoms with Gasteiger partial charge in [0.05, 0.1) is 15.8 Å². The lowest BCUT2D eigenvalue weighted by Crippen LogP contribution is -2.33. The molecule has 0 heterocycles. The maximum Gasteiger partial charge on any atom is 0.139 e. The molecule has 0 atom stereocenters.